The van der Waals surface area contributed by atoms with Crippen LogP contribution >= 0.6 is 0 Å². The third-order valence-electron chi connectivity index (χ3n) is 17.7. The van der Waals surface area contributed by atoms with Gasteiger partial charge >= 0.3 is 0 Å². The van der Waals surface area contributed by atoms with E-state index in [1.54, 1.807) is 11.1 Å². The molecular weight excluding hydrogens is 977 g/mol. The molecule has 0 spiro atoms. The first-order valence-corrected chi connectivity index (χ1v) is 30.5. The van der Waals surface area contributed by atoms with Gasteiger partial charge in [0, 0.05) is 38.8 Å². The van der Waals surface area contributed by atoms with Crippen LogP contribution in [0, 0.1) is 13.8 Å². The minimum absolute atomic E-state index is 0.0298. The number of nitrogens with zero attached hydrogens (tertiary/aromatic N) is 2. The summed E-state index contributed by atoms with van der Waals surface area (Å²) in [5.74, 6) is 0. The van der Waals surface area contributed by atoms with E-state index in [9.17, 15) is 0 Å². The molecule has 2 nitrogen and oxygen atoms in total. The molecule has 1 heterocycles. The summed E-state index contributed by atoms with van der Waals surface area (Å²) in [6.07, 6.45) is 18.3. The number of aromatic nitrogens is 1. The molecule has 0 bridgehead atoms. The zero-order valence-electron chi connectivity index (χ0n) is 48.2. The number of rotatable bonds is 22. The van der Waals surface area contributed by atoms with E-state index in [-0.39, 0.29) is 5.41 Å². The zero-order valence-corrected chi connectivity index (χ0v) is 48.2. The second-order valence-corrected chi connectivity index (χ2v) is 23.2. The molecule has 0 unspecified atom stereocenters. The van der Waals surface area contributed by atoms with Crippen molar-refractivity contribution in [2.24, 2.45) is 0 Å². The van der Waals surface area contributed by atoms with Gasteiger partial charge in [0.15, 0.2) is 0 Å². The summed E-state index contributed by atoms with van der Waals surface area (Å²) in [4.78, 5) is 2.40. The van der Waals surface area contributed by atoms with Crippen molar-refractivity contribution in [1.82, 2.24) is 4.57 Å². The number of aryl methyl sites for hydroxylation is 2. The Bertz CT molecular complexity index is 3900. The molecule has 0 atom stereocenters. The van der Waals surface area contributed by atoms with Gasteiger partial charge in [-0.05, 0) is 160 Å². The number of fused-ring (bicyclic) bond motifs is 6. The van der Waals surface area contributed by atoms with Gasteiger partial charge in [0.2, 0.25) is 0 Å². The van der Waals surface area contributed by atoms with Crippen molar-refractivity contribution in [2.75, 3.05) is 4.90 Å². The molecule has 0 radical (unpaired) electrons. The zero-order chi connectivity index (χ0) is 55.1. The van der Waals surface area contributed by atoms with Crippen molar-refractivity contribution in [3.63, 3.8) is 0 Å². The van der Waals surface area contributed by atoms with Crippen molar-refractivity contribution >= 4 is 38.9 Å². The smallest absolute Gasteiger partial charge is 0.0541 e. The molecule has 2 heteroatoms. The van der Waals surface area contributed by atoms with E-state index in [0.29, 0.717) is 0 Å². The number of unbranched alkanes of at least 4 members (excludes halogenated alkanes) is 10. The van der Waals surface area contributed by atoms with Gasteiger partial charge in [0.05, 0.1) is 16.7 Å². The number of anilines is 3. The average molecular weight is 1060 g/mol. The highest BCUT2D eigenvalue weighted by molar-refractivity contribution is 6.10. The Morgan fingerprint density at radius 3 is 1.52 bits per heavy atom. The normalized spacial score (nSPS) is 12.5. The summed E-state index contributed by atoms with van der Waals surface area (Å²) in [5, 5.41) is 2.52. The fourth-order valence-electron chi connectivity index (χ4n) is 13.5. The van der Waals surface area contributed by atoms with Gasteiger partial charge in [-0.15, -0.1) is 0 Å². The van der Waals surface area contributed by atoms with E-state index in [1.807, 2.05) is 0 Å². The largest absolute Gasteiger partial charge is 0.310 e. The Hall–Kier alpha value is -8.20. The van der Waals surface area contributed by atoms with Crippen LogP contribution < -0.4 is 4.90 Å². The van der Waals surface area contributed by atoms with Gasteiger partial charge in [-0.2, -0.15) is 0 Å². The minimum Gasteiger partial charge on any atom is -0.310 e. The maximum absolute atomic E-state index is 2.63. The monoisotopic (exact) mass is 1050 g/mol. The summed E-state index contributed by atoms with van der Waals surface area (Å²) in [5.41, 5.74) is 25.5. The lowest BCUT2D eigenvalue weighted by Gasteiger charge is -2.33. The molecule has 1 aromatic heterocycles. The quantitative estimate of drug-likeness (QED) is 0.0614. The lowest BCUT2D eigenvalue weighted by Crippen LogP contribution is -2.25. The molecule has 404 valence electrons. The molecular formula is C79H78N2. The summed E-state index contributed by atoms with van der Waals surface area (Å²) in [6.45, 7) is 9.22. The molecule has 1 aliphatic rings. The second-order valence-electron chi connectivity index (χ2n) is 23.2. The Kier molecular flexibility index (Phi) is 16.0. The van der Waals surface area contributed by atoms with Gasteiger partial charge in [0.1, 0.15) is 0 Å². The molecule has 0 N–H and O–H groups in total. The molecule has 0 saturated carbocycles. The van der Waals surface area contributed by atoms with Crippen LogP contribution in [-0.4, -0.2) is 4.57 Å². The predicted molar refractivity (Wildman–Crippen MR) is 349 cm³/mol. The van der Waals surface area contributed by atoms with Gasteiger partial charge in [-0.1, -0.05) is 260 Å². The number of benzene rings is 10. The van der Waals surface area contributed by atoms with E-state index in [2.05, 4.69) is 268 Å². The molecule has 12 rings (SSSR count). The molecule has 10 aromatic carbocycles. The maximum atomic E-state index is 2.63. The predicted octanol–water partition coefficient (Wildman–Crippen LogP) is 23.3. The van der Waals surface area contributed by atoms with Crippen LogP contribution in [0.15, 0.2) is 231 Å². The highest BCUT2D eigenvalue weighted by atomic mass is 15.1. The van der Waals surface area contributed by atoms with E-state index in [4.69, 9.17) is 0 Å². The number of hydrogen-bond acceptors (Lipinski definition) is 1. The van der Waals surface area contributed by atoms with Crippen molar-refractivity contribution in [2.45, 2.75) is 123 Å². The first-order chi connectivity index (χ1) is 39.9. The molecule has 0 saturated heterocycles. The van der Waals surface area contributed by atoms with Crippen LogP contribution in [0.25, 0.3) is 83.1 Å². The number of hydrogen-bond donors (Lipinski definition) is 0. The highest BCUT2D eigenvalue weighted by Gasteiger charge is 2.42. The van der Waals surface area contributed by atoms with E-state index in [0.717, 1.165) is 17.1 Å². The summed E-state index contributed by atoms with van der Waals surface area (Å²) in [6, 6.07) is 86.5. The van der Waals surface area contributed by atoms with Crippen LogP contribution in [0.4, 0.5) is 17.1 Å². The van der Waals surface area contributed by atoms with Crippen molar-refractivity contribution in [3.05, 3.63) is 253 Å². The van der Waals surface area contributed by atoms with E-state index >= 15 is 0 Å². The molecule has 0 aliphatic heterocycles. The third-order valence-corrected chi connectivity index (χ3v) is 17.7. The van der Waals surface area contributed by atoms with Crippen LogP contribution in [0.5, 0.6) is 0 Å². The van der Waals surface area contributed by atoms with Gasteiger partial charge in [-0.3, -0.25) is 0 Å². The van der Waals surface area contributed by atoms with Crippen molar-refractivity contribution in [1.29, 1.82) is 0 Å². The number of para-hydroxylation sites is 2. The van der Waals surface area contributed by atoms with Crippen LogP contribution in [0.2, 0.25) is 0 Å². The van der Waals surface area contributed by atoms with Crippen molar-refractivity contribution < 1.29 is 0 Å². The first kappa shape index (κ1) is 53.4. The summed E-state index contributed by atoms with van der Waals surface area (Å²) < 4.78 is 2.51. The first-order valence-electron chi connectivity index (χ1n) is 30.5. The van der Waals surface area contributed by atoms with Gasteiger partial charge in [-0.25, -0.2) is 0 Å². The SMILES string of the molecule is CCCCCCCCC1(CCCCCCCC)c2cc(C)ccc2-c2ccc(-c3cc(C)cc(-n4c5ccccc5c5cc(-c6ccc(N(c7ccc(-c8ccccc8)cc7)c7ccccc7-c7ccccc7)cc6)ccc54)c3)cc21. The lowest BCUT2D eigenvalue weighted by molar-refractivity contribution is 0.398. The van der Waals surface area contributed by atoms with Crippen LogP contribution in [0.3, 0.4) is 0 Å². The molecule has 0 amide bonds. The Labute approximate surface area is 482 Å². The molecule has 81 heavy (non-hydrogen) atoms. The average Bonchev–Trinajstić information content (AvgIpc) is 4.21. The Balaban J connectivity index is 0.896. The second kappa shape index (κ2) is 24.3. The van der Waals surface area contributed by atoms with Gasteiger partial charge < -0.3 is 9.47 Å². The minimum atomic E-state index is 0.0298. The standard InChI is InChI=1S/C79H78N2/c1-5-7-9-11-13-25-49-79(50-26-14-12-10-8-6-2)74-53-57(3)35-46-70(74)71-47-40-64(56-75(71)79)65-51-58(4)52-68(54-65)81-77-34-24-22-32-72(77)73-55-63(41-48-78(73)81)61-38-44-67(45-39-61)80(66-42-36-60(37-43-66)59-27-17-15-18-28-59)76-33-23-21-31-69(76)62-29-19-16-20-30-62/h15-24,27-48,51-56H,5-14,25-26,49-50H2,1-4H3. The fraction of sp³-hybridized carbons (Fsp3) is 0.241. The molecule has 1 aliphatic carbocycles. The maximum Gasteiger partial charge on any atom is 0.0541 e. The third kappa shape index (κ3) is 10.9. The highest BCUT2D eigenvalue weighted by Crippen LogP contribution is 2.55. The fourth-order valence-corrected chi connectivity index (χ4v) is 13.5. The van der Waals surface area contributed by atoms with E-state index < -0.39 is 0 Å². The topological polar surface area (TPSA) is 8.17 Å². The summed E-state index contributed by atoms with van der Waals surface area (Å²) in [7, 11) is 0. The summed E-state index contributed by atoms with van der Waals surface area (Å²) >= 11 is 0. The Morgan fingerprint density at radius 1 is 0.333 bits per heavy atom. The van der Waals surface area contributed by atoms with Crippen LogP contribution in [0.1, 0.15) is 126 Å². The molecule has 11 aromatic rings. The van der Waals surface area contributed by atoms with Gasteiger partial charge in [0.25, 0.3) is 0 Å². The van der Waals surface area contributed by atoms with Crippen LogP contribution in [-0.2, 0) is 5.41 Å². The molecule has 0 fully saturated rings. The van der Waals surface area contributed by atoms with Crippen molar-refractivity contribution in [3.8, 4) is 61.3 Å². The lowest BCUT2D eigenvalue weighted by atomic mass is 9.70. The van der Waals surface area contributed by atoms with E-state index in [1.165, 1.54) is 184 Å². The Morgan fingerprint density at radius 2 is 0.840 bits per heavy atom.